The van der Waals surface area contributed by atoms with Gasteiger partial charge >= 0.3 is 0 Å². The third kappa shape index (κ3) is 4.55. The number of aromatic nitrogens is 2. The van der Waals surface area contributed by atoms with Crippen LogP contribution in [0.3, 0.4) is 0 Å². The van der Waals surface area contributed by atoms with E-state index in [-0.39, 0.29) is 11.8 Å². The van der Waals surface area contributed by atoms with Crippen molar-refractivity contribution >= 4 is 5.91 Å². The van der Waals surface area contributed by atoms with Crippen molar-refractivity contribution in [2.45, 2.75) is 51.6 Å². The van der Waals surface area contributed by atoms with Gasteiger partial charge < -0.3 is 14.4 Å². The largest absolute Gasteiger partial charge is 0.382 e. The molecule has 1 saturated carbocycles. The first-order valence-corrected chi connectivity index (χ1v) is 9.37. The van der Waals surface area contributed by atoms with Gasteiger partial charge in [0.1, 0.15) is 5.82 Å². The van der Waals surface area contributed by atoms with Crippen molar-refractivity contribution in [2.75, 3.05) is 33.4 Å². The summed E-state index contributed by atoms with van der Waals surface area (Å²) in [6, 6.07) is 0. The molecule has 0 radical (unpaired) electrons. The number of hydrogen-bond acceptors (Lipinski definition) is 5. The molecule has 6 nitrogen and oxygen atoms in total. The molecule has 1 atom stereocenters. The maximum atomic E-state index is 12.6. The predicted molar refractivity (Wildman–Crippen MR) is 94.2 cm³/mol. The zero-order valence-electron chi connectivity index (χ0n) is 15.4. The predicted octanol–water partition coefficient (Wildman–Crippen LogP) is 2.45. The molecule has 0 aromatic carbocycles. The van der Waals surface area contributed by atoms with E-state index in [2.05, 4.69) is 9.88 Å². The van der Waals surface area contributed by atoms with Crippen LogP contribution in [0.15, 0.2) is 6.20 Å². The molecule has 2 heterocycles. The van der Waals surface area contributed by atoms with Crippen molar-refractivity contribution in [3.05, 3.63) is 23.3 Å². The fraction of sp³-hybridized carbons (Fsp3) is 0.737. The average Bonchev–Trinajstić information content (AvgIpc) is 2.58. The molecule has 138 valence electrons. The second kappa shape index (κ2) is 8.72. The normalized spacial score (nSPS) is 21.2. The molecule has 1 unspecified atom stereocenters. The summed E-state index contributed by atoms with van der Waals surface area (Å²) in [5, 5.41) is 0. The highest BCUT2D eigenvalue weighted by atomic mass is 16.5. The minimum absolute atomic E-state index is 0.266. The maximum Gasteiger partial charge on any atom is 0.225 e. The van der Waals surface area contributed by atoms with Gasteiger partial charge in [0.25, 0.3) is 0 Å². The van der Waals surface area contributed by atoms with Crippen LogP contribution in [-0.4, -0.2) is 54.2 Å². The molecule has 0 N–H and O–H groups in total. The molecule has 1 aliphatic heterocycles. The zero-order chi connectivity index (χ0) is 17.6. The highest BCUT2D eigenvalue weighted by Gasteiger charge is 2.33. The molecular weight excluding hydrogens is 318 g/mol. The van der Waals surface area contributed by atoms with Crippen molar-refractivity contribution in [3.63, 3.8) is 0 Å². The number of ether oxygens (including phenoxy) is 2. The number of nitrogens with zero attached hydrogens (tertiary/aromatic N) is 3. The fourth-order valence-corrected chi connectivity index (χ4v) is 3.62. The van der Waals surface area contributed by atoms with Gasteiger partial charge in [0.15, 0.2) is 0 Å². The van der Waals surface area contributed by atoms with E-state index in [4.69, 9.17) is 14.5 Å². The number of carbonyl (C=O) groups excluding carboxylic acids is 1. The van der Waals surface area contributed by atoms with Crippen molar-refractivity contribution in [3.8, 4) is 0 Å². The van der Waals surface area contributed by atoms with Gasteiger partial charge in [-0.2, -0.15) is 0 Å². The summed E-state index contributed by atoms with van der Waals surface area (Å²) in [6.45, 7) is 5.20. The van der Waals surface area contributed by atoms with Gasteiger partial charge in [0.2, 0.25) is 5.91 Å². The number of methoxy groups -OCH3 is 1. The van der Waals surface area contributed by atoms with Crippen LogP contribution in [0.4, 0.5) is 0 Å². The molecule has 1 aromatic heterocycles. The molecule has 2 aliphatic rings. The Balaban J connectivity index is 1.68. The molecular formula is C19H29N3O3. The second-order valence-electron chi connectivity index (χ2n) is 7.12. The first-order chi connectivity index (χ1) is 12.2. The van der Waals surface area contributed by atoms with Crippen LogP contribution in [0, 0.1) is 12.8 Å². The summed E-state index contributed by atoms with van der Waals surface area (Å²) in [6.07, 6.45) is 7.29. The van der Waals surface area contributed by atoms with E-state index in [1.165, 1.54) is 6.42 Å². The second-order valence-corrected chi connectivity index (χ2v) is 7.12. The minimum Gasteiger partial charge on any atom is -0.382 e. The lowest BCUT2D eigenvalue weighted by molar-refractivity contribution is -0.139. The first kappa shape index (κ1) is 18.3. The fourth-order valence-electron chi connectivity index (χ4n) is 3.62. The van der Waals surface area contributed by atoms with Crippen LogP contribution >= 0.6 is 0 Å². The first-order valence-electron chi connectivity index (χ1n) is 9.37. The van der Waals surface area contributed by atoms with Gasteiger partial charge in [-0.15, -0.1) is 0 Å². The minimum atomic E-state index is 0.266. The third-order valence-corrected chi connectivity index (χ3v) is 5.28. The summed E-state index contributed by atoms with van der Waals surface area (Å²) < 4.78 is 10.7. The molecule has 3 rings (SSSR count). The molecule has 1 aromatic rings. The Hall–Kier alpha value is -1.53. The van der Waals surface area contributed by atoms with E-state index >= 15 is 0 Å². The summed E-state index contributed by atoms with van der Waals surface area (Å²) in [4.78, 5) is 23.7. The van der Waals surface area contributed by atoms with E-state index in [9.17, 15) is 4.79 Å². The monoisotopic (exact) mass is 347 g/mol. The highest BCUT2D eigenvalue weighted by molar-refractivity contribution is 5.79. The Morgan fingerprint density at radius 2 is 2.12 bits per heavy atom. The molecule has 1 amide bonds. The van der Waals surface area contributed by atoms with Crippen molar-refractivity contribution in [1.29, 1.82) is 0 Å². The average molecular weight is 347 g/mol. The van der Waals surface area contributed by atoms with Gasteiger partial charge in [-0.25, -0.2) is 9.97 Å². The standard InChI is InChI=1S/C19H29N3O3/c1-14-20-11-17(13-25-10-9-24-2)18(21-14)16-7-4-8-22(12-16)19(23)15-5-3-6-15/h11,15-16H,3-10,12-13H2,1-2H3. The molecule has 0 spiro atoms. The zero-order valence-corrected chi connectivity index (χ0v) is 15.4. The lowest BCUT2D eigenvalue weighted by Gasteiger charge is -2.37. The Morgan fingerprint density at radius 3 is 2.84 bits per heavy atom. The maximum absolute atomic E-state index is 12.6. The topological polar surface area (TPSA) is 64.6 Å². The van der Waals surface area contributed by atoms with E-state index < -0.39 is 0 Å². The van der Waals surface area contributed by atoms with Crippen molar-refractivity contribution in [1.82, 2.24) is 14.9 Å². The van der Waals surface area contributed by atoms with E-state index in [0.29, 0.717) is 25.7 Å². The molecule has 25 heavy (non-hydrogen) atoms. The van der Waals surface area contributed by atoms with Crippen molar-refractivity contribution < 1.29 is 14.3 Å². The van der Waals surface area contributed by atoms with Gasteiger partial charge in [-0.1, -0.05) is 6.42 Å². The van der Waals surface area contributed by atoms with Crippen LogP contribution in [-0.2, 0) is 20.9 Å². The number of piperidine rings is 1. The summed E-state index contributed by atoms with van der Waals surface area (Å²) in [5.41, 5.74) is 2.08. The Kier molecular flexibility index (Phi) is 6.37. The third-order valence-electron chi connectivity index (χ3n) is 5.28. The number of likely N-dealkylation sites (tertiary alicyclic amines) is 1. The Bertz CT molecular complexity index is 589. The molecule has 1 saturated heterocycles. The molecule has 1 aliphatic carbocycles. The SMILES string of the molecule is COCCOCc1cnc(C)nc1C1CCCN(C(=O)C2CCC2)C1. The Labute approximate surface area is 149 Å². The molecule has 6 heteroatoms. The molecule has 0 bridgehead atoms. The van der Waals surface area contributed by atoms with Crippen LogP contribution < -0.4 is 0 Å². The Morgan fingerprint density at radius 1 is 1.28 bits per heavy atom. The highest BCUT2D eigenvalue weighted by Crippen LogP contribution is 2.33. The summed E-state index contributed by atoms with van der Waals surface area (Å²) in [5.74, 6) is 1.67. The summed E-state index contributed by atoms with van der Waals surface area (Å²) in [7, 11) is 1.67. The van der Waals surface area contributed by atoms with Crippen LogP contribution in [0.5, 0.6) is 0 Å². The number of aryl methyl sites for hydroxylation is 1. The van der Waals surface area contributed by atoms with Crippen LogP contribution in [0.25, 0.3) is 0 Å². The smallest absolute Gasteiger partial charge is 0.225 e. The van der Waals surface area contributed by atoms with E-state index in [1.807, 2.05) is 13.1 Å². The summed E-state index contributed by atoms with van der Waals surface area (Å²) >= 11 is 0. The number of rotatable bonds is 7. The number of hydrogen-bond donors (Lipinski definition) is 0. The van der Waals surface area contributed by atoms with Gasteiger partial charge in [0.05, 0.1) is 25.5 Å². The quantitative estimate of drug-likeness (QED) is 0.709. The number of carbonyl (C=O) groups is 1. The number of amides is 1. The van der Waals surface area contributed by atoms with Crippen LogP contribution in [0.2, 0.25) is 0 Å². The van der Waals surface area contributed by atoms with E-state index in [1.54, 1.807) is 7.11 Å². The van der Waals surface area contributed by atoms with Gasteiger partial charge in [-0.3, -0.25) is 4.79 Å². The molecule has 2 fully saturated rings. The lowest BCUT2D eigenvalue weighted by atomic mass is 9.83. The van der Waals surface area contributed by atoms with Gasteiger partial charge in [-0.05, 0) is 32.6 Å². The lowest BCUT2D eigenvalue weighted by Crippen LogP contribution is -2.44. The van der Waals surface area contributed by atoms with Crippen molar-refractivity contribution in [2.24, 2.45) is 5.92 Å². The van der Waals surface area contributed by atoms with Crippen LogP contribution in [0.1, 0.15) is 55.1 Å². The van der Waals surface area contributed by atoms with Gasteiger partial charge in [0, 0.05) is 43.8 Å². The van der Waals surface area contributed by atoms with E-state index in [0.717, 1.165) is 55.9 Å².